The molecule has 4 N–H and O–H groups in total. The van der Waals surface area contributed by atoms with Crippen LogP contribution in [0.5, 0.6) is 5.75 Å². The predicted octanol–water partition coefficient (Wildman–Crippen LogP) is 2.22. The maximum Gasteiger partial charge on any atom is 0.271 e. The van der Waals surface area contributed by atoms with Gasteiger partial charge in [0.25, 0.3) is 5.69 Å². The van der Waals surface area contributed by atoms with Gasteiger partial charge in [-0.25, -0.2) is 0 Å². The van der Waals surface area contributed by atoms with Crippen LogP contribution in [0.3, 0.4) is 0 Å². The molecule has 0 saturated carbocycles. The van der Waals surface area contributed by atoms with Gasteiger partial charge in [0.15, 0.2) is 0 Å². The highest BCUT2D eigenvalue weighted by Gasteiger charge is 2.23. The molecule has 1 rings (SSSR count). The van der Waals surface area contributed by atoms with Crippen molar-refractivity contribution in [3.05, 3.63) is 32.3 Å². The fourth-order valence-electron chi connectivity index (χ4n) is 1.65. The second-order valence-corrected chi connectivity index (χ2v) is 4.86. The number of hydrogen-bond acceptors (Lipinski definition) is 5. The van der Waals surface area contributed by atoms with Crippen molar-refractivity contribution in [3.8, 4) is 5.75 Å². The first-order valence-corrected chi connectivity index (χ1v) is 6.28. The van der Waals surface area contributed by atoms with Gasteiger partial charge in [0, 0.05) is 17.7 Å². The molecule has 0 aliphatic carbocycles. The Balaban J connectivity index is 3.18. The van der Waals surface area contributed by atoms with Crippen molar-refractivity contribution in [2.75, 3.05) is 0 Å². The number of hydrogen-bond donors (Lipinski definition) is 3. The Morgan fingerprint density at radius 3 is 2.67 bits per heavy atom. The van der Waals surface area contributed by atoms with E-state index in [2.05, 4.69) is 15.9 Å². The first kappa shape index (κ1) is 14.9. The molecule has 0 unspecified atom stereocenters. The molecule has 1 aromatic carbocycles. The quantitative estimate of drug-likeness (QED) is 0.569. The van der Waals surface area contributed by atoms with Gasteiger partial charge in [-0.15, -0.1) is 0 Å². The third-order valence-electron chi connectivity index (χ3n) is 2.65. The summed E-state index contributed by atoms with van der Waals surface area (Å²) >= 11 is 3.03. The summed E-state index contributed by atoms with van der Waals surface area (Å²) in [5.41, 5.74) is 5.79. The zero-order valence-electron chi connectivity index (χ0n) is 9.84. The zero-order chi connectivity index (χ0) is 13.9. The molecule has 0 bridgehead atoms. The largest absolute Gasteiger partial charge is 0.506 e. The summed E-state index contributed by atoms with van der Waals surface area (Å²) in [6, 6.07) is 1.52. The monoisotopic (exact) mass is 318 g/mol. The van der Waals surface area contributed by atoms with E-state index in [1.807, 2.05) is 6.92 Å². The van der Waals surface area contributed by atoms with Crippen LogP contribution in [0.1, 0.15) is 31.4 Å². The highest BCUT2D eigenvalue weighted by molar-refractivity contribution is 9.10. The highest BCUT2D eigenvalue weighted by Crippen LogP contribution is 2.36. The third kappa shape index (κ3) is 3.18. The molecule has 18 heavy (non-hydrogen) atoms. The number of phenolic OH excluding ortho intramolecular Hbond substituents is 1. The molecular formula is C11H15BrN2O4. The van der Waals surface area contributed by atoms with Crippen molar-refractivity contribution >= 4 is 21.6 Å². The molecule has 0 heterocycles. The molecule has 100 valence electrons. The number of phenols is 1. The lowest BCUT2D eigenvalue weighted by Gasteiger charge is -2.19. The molecule has 0 amide bonds. The van der Waals surface area contributed by atoms with Crippen LogP contribution in [0.15, 0.2) is 16.6 Å². The van der Waals surface area contributed by atoms with E-state index in [4.69, 9.17) is 5.73 Å². The molecule has 0 aliphatic heterocycles. The predicted molar refractivity (Wildman–Crippen MR) is 70.3 cm³/mol. The number of non-ortho nitro benzene ring substituents is 1. The zero-order valence-corrected chi connectivity index (χ0v) is 11.4. The van der Waals surface area contributed by atoms with Crippen LogP contribution in [-0.2, 0) is 0 Å². The third-order valence-corrected chi connectivity index (χ3v) is 3.25. The summed E-state index contributed by atoms with van der Waals surface area (Å²) in [7, 11) is 0. The summed E-state index contributed by atoms with van der Waals surface area (Å²) in [5, 5.41) is 30.4. The van der Waals surface area contributed by atoms with E-state index in [1.165, 1.54) is 12.1 Å². The molecule has 0 saturated heterocycles. The molecule has 7 heteroatoms. The first-order valence-electron chi connectivity index (χ1n) is 5.48. The van der Waals surface area contributed by atoms with Gasteiger partial charge >= 0.3 is 0 Å². The van der Waals surface area contributed by atoms with Crippen molar-refractivity contribution in [1.82, 2.24) is 0 Å². The summed E-state index contributed by atoms with van der Waals surface area (Å²) in [5.74, 6) is -0.178. The van der Waals surface area contributed by atoms with Crippen molar-refractivity contribution < 1.29 is 15.1 Å². The van der Waals surface area contributed by atoms with E-state index < -0.39 is 17.1 Å². The Bertz CT molecular complexity index is 453. The second-order valence-electron chi connectivity index (χ2n) is 4.00. The highest BCUT2D eigenvalue weighted by atomic mass is 79.9. The first-order chi connectivity index (χ1) is 8.38. The standard InChI is InChI=1S/C11H15BrN2O4/c1-2-3-9(15)10(13)7-4-6(14(17)18)5-8(12)11(7)16/h4-5,9-10,15-16H,2-3,13H2,1H3/t9-,10+/m0/s1. The number of aromatic hydroxyl groups is 1. The minimum absolute atomic E-state index is 0.164. The van der Waals surface area contributed by atoms with Gasteiger partial charge < -0.3 is 15.9 Å². The van der Waals surface area contributed by atoms with Crippen LogP contribution in [0.4, 0.5) is 5.69 Å². The molecular weight excluding hydrogens is 304 g/mol. The van der Waals surface area contributed by atoms with Crippen LogP contribution in [0.25, 0.3) is 0 Å². The summed E-state index contributed by atoms with van der Waals surface area (Å²) in [4.78, 5) is 10.2. The number of nitro benzene ring substituents is 1. The molecule has 0 spiro atoms. The summed E-state index contributed by atoms with van der Waals surface area (Å²) < 4.78 is 0.186. The number of benzene rings is 1. The molecule has 2 atom stereocenters. The number of rotatable bonds is 5. The number of aliphatic hydroxyl groups is 1. The fraction of sp³-hybridized carbons (Fsp3) is 0.455. The number of aliphatic hydroxyl groups excluding tert-OH is 1. The Hall–Kier alpha value is -1.18. The number of nitrogens with two attached hydrogens (primary N) is 1. The number of nitrogens with zero attached hydrogens (tertiary/aromatic N) is 1. The molecule has 1 aromatic rings. The molecule has 6 nitrogen and oxygen atoms in total. The van der Waals surface area contributed by atoms with Crippen molar-refractivity contribution in [2.45, 2.75) is 31.9 Å². The molecule has 0 aliphatic rings. The normalized spacial score (nSPS) is 14.2. The van der Waals surface area contributed by atoms with Gasteiger partial charge in [-0.05, 0) is 22.4 Å². The fourth-order valence-corrected chi connectivity index (χ4v) is 2.11. The number of halogens is 1. The minimum Gasteiger partial charge on any atom is -0.506 e. The topological polar surface area (TPSA) is 110 Å². The smallest absolute Gasteiger partial charge is 0.271 e. The van der Waals surface area contributed by atoms with Gasteiger partial charge in [0.2, 0.25) is 0 Å². The number of nitro groups is 1. The Labute approximate surface area is 113 Å². The van der Waals surface area contributed by atoms with Gasteiger partial charge in [-0.1, -0.05) is 13.3 Å². The lowest BCUT2D eigenvalue weighted by atomic mass is 9.98. The lowest BCUT2D eigenvalue weighted by Crippen LogP contribution is -2.26. The Kier molecular flexibility index (Phi) is 5.06. The van der Waals surface area contributed by atoms with Crippen LogP contribution in [-0.4, -0.2) is 21.2 Å². The van der Waals surface area contributed by atoms with Crippen LogP contribution in [0, 0.1) is 10.1 Å². The van der Waals surface area contributed by atoms with Gasteiger partial charge in [-0.3, -0.25) is 10.1 Å². The minimum atomic E-state index is -0.860. The van der Waals surface area contributed by atoms with Crippen LogP contribution < -0.4 is 5.73 Å². The van der Waals surface area contributed by atoms with Crippen molar-refractivity contribution in [2.24, 2.45) is 5.73 Å². The maximum atomic E-state index is 10.7. The van der Waals surface area contributed by atoms with Crippen LogP contribution in [0.2, 0.25) is 0 Å². The van der Waals surface area contributed by atoms with Gasteiger partial charge in [0.1, 0.15) is 5.75 Å². The van der Waals surface area contributed by atoms with E-state index in [-0.39, 0.29) is 21.5 Å². The summed E-state index contributed by atoms with van der Waals surface area (Å²) in [6.07, 6.45) is 0.335. The molecule has 0 fully saturated rings. The summed E-state index contributed by atoms with van der Waals surface area (Å²) in [6.45, 7) is 1.89. The average Bonchev–Trinajstić information content (AvgIpc) is 2.31. The van der Waals surface area contributed by atoms with Gasteiger partial charge in [0.05, 0.1) is 21.5 Å². The van der Waals surface area contributed by atoms with Gasteiger partial charge in [-0.2, -0.15) is 0 Å². The van der Waals surface area contributed by atoms with Crippen LogP contribution >= 0.6 is 15.9 Å². The van der Waals surface area contributed by atoms with E-state index in [1.54, 1.807) is 0 Å². The van der Waals surface area contributed by atoms with E-state index in [0.717, 1.165) is 6.42 Å². The lowest BCUT2D eigenvalue weighted by molar-refractivity contribution is -0.385. The maximum absolute atomic E-state index is 10.7. The Morgan fingerprint density at radius 2 is 2.17 bits per heavy atom. The SMILES string of the molecule is CCC[C@H](O)[C@H](N)c1cc([N+](=O)[O-])cc(Br)c1O. The van der Waals surface area contributed by atoms with Crippen molar-refractivity contribution in [3.63, 3.8) is 0 Å². The molecule has 0 radical (unpaired) electrons. The van der Waals surface area contributed by atoms with E-state index in [0.29, 0.717) is 6.42 Å². The Morgan fingerprint density at radius 1 is 1.56 bits per heavy atom. The molecule has 0 aromatic heterocycles. The van der Waals surface area contributed by atoms with E-state index in [9.17, 15) is 20.3 Å². The average molecular weight is 319 g/mol. The second kappa shape index (κ2) is 6.12. The van der Waals surface area contributed by atoms with E-state index >= 15 is 0 Å². The van der Waals surface area contributed by atoms with Crippen molar-refractivity contribution in [1.29, 1.82) is 0 Å².